The van der Waals surface area contributed by atoms with E-state index < -0.39 is 0 Å². The Morgan fingerprint density at radius 2 is 1.63 bits per heavy atom. The van der Waals surface area contributed by atoms with Gasteiger partial charge in [0.1, 0.15) is 11.5 Å². The van der Waals surface area contributed by atoms with Crippen LogP contribution in [-0.2, 0) is 0 Å². The molecule has 5 rings (SSSR count). The van der Waals surface area contributed by atoms with Crippen molar-refractivity contribution in [1.82, 2.24) is 15.5 Å². The predicted octanol–water partition coefficient (Wildman–Crippen LogP) is 5.62. The maximum atomic E-state index is 5.82. The highest BCUT2D eigenvalue weighted by Gasteiger charge is 2.34. The Balaban J connectivity index is 1.64. The number of thiocarbonyl (C=S) groups is 1. The lowest BCUT2D eigenvalue weighted by Gasteiger charge is -2.37. The van der Waals surface area contributed by atoms with Crippen LogP contribution in [0.2, 0.25) is 0 Å². The van der Waals surface area contributed by atoms with Crippen molar-refractivity contribution >= 4 is 28.6 Å². The third-order valence-electron chi connectivity index (χ3n) is 5.91. The fourth-order valence-corrected chi connectivity index (χ4v) is 4.55. The molecule has 1 aliphatic rings. The van der Waals surface area contributed by atoms with Crippen molar-refractivity contribution in [2.24, 2.45) is 0 Å². The second kappa shape index (κ2) is 9.60. The van der Waals surface area contributed by atoms with Gasteiger partial charge in [-0.15, -0.1) is 0 Å². The number of hydrogen-bond donors (Lipinski definition) is 1. The van der Waals surface area contributed by atoms with E-state index in [1.807, 2.05) is 90.7 Å². The Morgan fingerprint density at radius 3 is 2.37 bits per heavy atom. The van der Waals surface area contributed by atoms with E-state index in [0.29, 0.717) is 16.8 Å². The van der Waals surface area contributed by atoms with E-state index in [1.54, 1.807) is 14.2 Å². The topological polar surface area (TPSA) is 72.7 Å². The van der Waals surface area contributed by atoms with Gasteiger partial charge in [-0.1, -0.05) is 53.7 Å². The van der Waals surface area contributed by atoms with Crippen molar-refractivity contribution in [1.29, 1.82) is 0 Å². The van der Waals surface area contributed by atoms with Gasteiger partial charge in [-0.2, -0.15) is 4.98 Å². The van der Waals surface area contributed by atoms with E-state index in [9.17, 15) is 0 Å². The standard InChI is InChI=1S/C27H24N4O3S/c1-17-23(26-29-25(30-34-26)19-11-7-13-21(15-19)32-2)24(18-9-5-4-6-10-18)28-27(35)31(17)20-12-8-14-22(16-20)33-3/h4-16,24H,1-3H3,(H,28,35). The Hall–Kier alpha value is -4.17. The molecule has 7 nitrogen and oxygen atoms in total. The Kier molecular flexibility index (Phi) is 6.20. The molecule has 0 fully saturated rings. The van der Waals surface area contributed by atoms with Crippen LogP contribution in [0.25, 0.3) is 17.0 Å². The minimum Gasteiger partial charge on any atom is -0.497 e. The molecule has 4 aromatic rings. The number of methoxy groups -OCH3 is 2. The van der Waals surface area contributed by atoms with Gasteiger partial charge in [-0.3, -0.25) is 4.90 Å². The molecule has 1 atom stereocenters. The number of rotatable bonds is 6. The van der Waals surface area contributed by atoms with Gasteiger partial charge < -0.3 is 19.3 Å². The molecule has 0 aliphatic carbocycles. The molecule has 176 valence electrons. The summed E-state index contributed by atoms with van der Waals surface area (Å²) in [5.41, 5.74) is 4.44. The van der Waals surface area contributed by atoms with E-state index in [1.165, 1.54) is 0 Å². The van der Waals surface area contributed by atoms with Crippen molar-refractivity contribution in [3.05, 3.63) is 96.0 Å². The molecule has 0 radical (unpaired) electrons. The summed E-state index contributed by atoms with van der Waals surface area (Å²) in [6.45, 7) is 2.01. The molecule has 1 N–H and O–H groups in total. The molecule has 1 aromatic heterocycles. The molecule has 2 heterocycles. The van der Waals surface area contributed by atoms with Crippen LogP contribution >= 0.6 is 12.2 Å². The summed E-state index contributed by atoms with van der Waals surface area (Å²) in [7, 11) is 3.27. The smallest absolute Gasteiger partial charge is 0.258 e. The monoisotopic (exact) mass is 484 g/mol. The number of benzene rings is 3. The summed E-state index contributed by atoms with van der Waals surface area (Å²) >= 11 is 5.81. The van der Waals surface area contributed by atoms with Crippen LogP contribution < -0.4 is 19.7 Å². The minimum atomic E-state index is -0.260. The summed E-state index contributed by atoms with van der Waals surface area (Å²) in [6.07, 6.45) is 0. The molecule has 1 aliphatic heterocycles. The maximum Gasteiger partial charge on any atom is 0.258 e. The third kappa shape index (κ3) is 4.36. The fraction of sp³-hybridized carbons (Fsp3) is 0.148. The molecule has 0 bridgehead atoms. The van der Waals surface area contributed by atoms with E-state index in [-0.39, 0.29) is 6.04 Å². The summed E-state index contributed by atoms with van der Waals surface area (Å²) in [4.78, 5) is 6.73. The number of nitrogens with zero attached hydrogens (tertiary/aromatic N) is 3. The van der Waals surface area contributed by atoms with E-state index in [2.05, 4.69) is 10.5 Å². The van der Waals surface area contributed by atoms with E-state index >= 15 is 0 Å². The molecule has 1 unspecified atom stereocenters. The third-order valence-corrected chi connectivity index (χ3v) is 6.21. The number of allylic oxidation sites excluding steroid dienone is 1. The number of nitrogens with one attached hydrogen (secondary N) is 1. The van der Waals surface area contributed by atoms with Gasteiger partial charge in [0.25, 0.3) is 5.89 Å². The highest BCUT2D eigenvalue weighted by molar-refractivity contribution is 7.80. The molecular weight excluding hydrogens is 460 g/mol. The number of hydrogen-bond acceptors (Lipinski definition) is 6. The van der Waals surface area contributed by atoms with Crippen molar-refractivity contribution in [2.75, 3.05) is 19.1 Å². The van der Waals surface area contributed by atoms with Crippen molar-refractivity contribution in [3.63, 3.8) is 0 Å². The number of ether oxygens (including phenoxy) is 2. The number of anilines is 1. The lowest BCUT2D eigenvalue weighted by Crippen LogP contribution is -2.46. The van der Waals surface area contributed by atoms with Gasteiger partial charge in [-0.25, -0.2) is 0 Å². The lowest BCUT2D eigenvalue weighted by molar-refractivity contribution is 0.403. The van der Waals surface area contributed by atoms with Crippen molar-refractivity contribution in [2.45, 2.75) is 13.0 Å². The maximum absolute atomic E-state index is 5.82. The zero-order chi connectivity index (χ0) is 24.4. The van der Waals surface area contributed by atoms with Gasteiger partial charge in [0.15, 0.2) is 5.11 Å². The molecule has 8 heteroatoms. The first-order valence-corrected chi connectivity index (χ1v) is 11.5. The highest BCUT2D eigenvalue weighted by Crippen LogP contribution is 2.39. The fourth-order valence-electron chi connectivity index (χ4n) is 4.19. The first-order valence-electron chi connectivity index (χ1n) is 11.1. The first-order chi connectivity index (χ1) is 17.1. The predicted molar refractivity (Wildman–Crippen MR) is 139 cm³/mol. The Labute approximate surface area is 209 Å². The molecule has 0 amide bonds. The number of aromatic nitrogens is 2. The Morgan fingerprint density at radius 1 is 0.914 bits per heavy atom. The van der Waals surface area contributed by atoms with Crippen LogP contribution in [0.3, 0.4) is 0 Å². The van der Waals surface area contributed by atoms with Gasteiger partial charge in [-0.05, 0) is 49.0 Å². The zero-order valence-corrected chi connectivity index (χ0v) is 20.4. The molecule has 0 spiro atoms. The van der Waals surface area contributed by atoms with Gasteiger partial charge in [0.05, 0.1) is 31.5 Å². The normalized spacial score (nSPS) is 15.7. The molecule has 35 heavy (non-hydrogen) atoms. The molecule has 3 aromatic carbocycles. The van der Waals surface area contributed by atoms with Crippen molar-refractivity contribution < 1.29 is 14.0 Å². The average Bonchev–Trinajstić information content (AvgIpc) is 3.39. The van der Waals surface area contributed by atoms with Crippen molar-refractivity contribution in [3.8, 4) is 22.9 Å². The van der Waals surface area contributed by atoms with Crippen LogP contribution in [0.4, 0.5) is 5.69 Å². The van der Waals surface area contributed by atoms with E-state index in [4.69, 9.17) is 31.2 Å². The SMILES string of the molecule is COc1cccc(-c2noc(C3=C(C)N(c4cccc(OC)c4)C(=S)NC3c3ccccc3)n2)c1. The summed E-state index contributed by atoms with van der Waals surface area (Å²) in [5, 5.41) is 8.31. The van der Waals surface area contributed by atoms with Crippen LogP contribution in [0.5, 0.6) is 11.5 Å². The minimum absolute atomic E-state index is 0.260. The van der Waals surface area contributed by atoms with Gasteiger partial charge in [0.2, 0.25) is 5.82 Å². The molecule has 0 saturated carbocycles. The first kappa shape index (κ1) is 22.6. The zero-order valence-electron chi connectivity index (χ0n) is 19.6. The van der Waals surface area contributed by atoms with Crippen LogP contribution in [0.1, 0.15) is 24.4 Å². The Bertz CT molecular complexity index is 1400. The quantitative estimate of drug-likeness (QED) is 0.354. The largest absolute Gasteiger partial charge is 0.497 e. The second-order valence-electron chi connectivity index (χ2n) is 7.98. The van der Waals surface area contributed by atoms with E-state index in [0.717, 1.165) is 39.6 Å². The lowest BCUT2D eigenvalue weighted by atomic mass is 9.94. The summed E-state index contributed by atoms with van der Waals surface area (Å²) in [6, 6.07) is 25.1. The molecule has 0 saturated heterocycles. The molecular formula is C27H24N4O3S. The van der Waals surface area contributed by atoms with Crippen LogP contribution in [0, 0.1) is 0 Å². The summed E-state index contributed by atoms with van der Waals surface area (Å²) in [5.74, 6) is 2.35. The highest BCUT2D eigenvalue weighted by atomic mass is 32.1. The van der Waals surface area contributed by atoms with Gasteiger partial charge >= 0.3 is 0 Å². The van der Waals surface area contributed by atoms with Gasteiger partial charge in [0, 0.05) is 17.3 Å². The summed E-state index contributed by atoms with van der Waals surface area (Å²) < 4.78 is 16.6. The average molecular weight is 485 g/mol. The van der Waals surface area contributed by atoms with Crippen LogP contribution in [-0.4, -0.2) is 29.5 Å². The second-order valence-corrected chi connectivity index (χ2v) is 8.37. The van der Waals surface area contributed by atoms with Crippen LogP contribution in [0.15, 0.2) is 89.1 Å².